The average Bonchev–Trinajstić information content (AvgIpc) is 2.91. The van der Waals surface area contributed by atoms with Gasteiger partial charge in [0.2, 0.25) is 0 Å². The zero-order valence-electron chi connectivity index (χ0n) is 13.6. The van der Waals surface area contributed by atoms with Crippen molar-refractivity contribution in [1.82, 2.24) is 4.57 Å². The molecule has 0 fully saturated rings. The molecule has 0 saturated heterocycles. The van der Waals surface area contributed by atoms with Crippen LogP contribution in [0.15, 0.2) is 47.5 Å². The fourth-order valence-electron chi connectivity index (χ4n) is 2.43. The number of benzene rings is 2. The molecule has 0 aliphatic rings. The smallest absolute Gasteiger partial charge is 0.323 e. The lowest BCUT2D eigenvalue weighted by molar-refractivity contribution is -0.137. The number of carbonyl (C=O) groups excluding carboxylic acids is 2. The van der Waals surface area contributed by atoms with E-state index in [2.05, 4.69) is 4.99 Å². The predicted molar refractivity (Wildman–Crippen MR) is 98.8 cm³/mol. The van der Waals surface area contributed by atoms with Crippen molar-refractivity contribution < 1.29 is 19.5 Å². The second-order valence-electron chi connectivity index (χ2n) is 5.53. The van der Waals surface area contributed by atoms with E-state index in [0.717, 1.165) is 4.70 Å². The van der Waals surface area contributed by atoms with Crippen LogP contribution in [0.2, 0.25) is 5.02 Å². The monoisotopic (exact) mass is 388 g/mol. The summed E-state index contributed by atoms with van der Waals surface area (Å²) in [4.78, 5) is 39.6. The van der Waals surface area contributed by atoms with E-state index >= 15 is 0 Å². The van der Waals surface area contributed by atoms with Crippen molar-refractivity contribution in [2.24, 2.45) is 4.99 Å². The number of hydrogen-bond donors (Lipinski definition) is 1. The number of carbonyl (C=O) groups is 3. The van der Waals surface area contributed by atoms with Crippen LogP contribution in [0.3, 0.4) is 0 Å². The predicted octanol–water partition coefficient (Wildman–Crippen LogP) is 3.38. The number of rotatable bonds is 4. The Balaban J connectivity index is 2.19. The van der Waals surface area contributed by atoms with Crippen molar-refractivity contribution in [3.63, 3.8) is 0 Å². The van der Waals surface area contributed by atoms with E-state index < -0.39 is 11.9 Å². The van der Waals surface area contributed by atoms with Crippen LogP contribution in [-0.4, -0.2) is 27.3 Å². The summed E-state index contributed by atoms with van der Waals surface area (Å²) in [6.45, 7) is 1.06. The van der Waals surface area contributed by atoms with Gasteiger partial charge in [-0.05, 0) is 43.3 Å². The highest BCUT2D eigenvalue weighted by Crippen LogP contribution is 2.20. The lowest BCUT2D eigenvalue weighted by Gasteiger charge is -2.02. The van der Waals surface area contributed by atoms with Gasteiger partial charge < -0.3 is 9.67 Å². The van der Waals surface area contributed by atoms with Crippen molar-refractivity contribution in [3.05, 3.63) is 63.4 Å². The summed E-state index contributed by atoms with van der Waals surface area (Å²) < 4.78 is 2.14. The van der Waals surface area contributed by atoms with Crippen molar-refractivity contribution in [2.45, 2.75) is 13.5 Å². The van der Waals surface area contributed by atoms with Gasteiger partial charge in [-0.25, -0.2) is 0 Å². The Morgan fingerprint density at radius 2 is 1.92 bits per heavy atom. The van der Waals surface area contributed by atoms with E-state index in [1.54, 1.807) is 36.4 Å². The molecule has 0 spiro atoms. The molecule has 132 valence electrons. The molecule has 2 aromatic carbocycles. The van der Waals surface area contributed by atoms with Gasteiger partial charge in [0, 0.05) is 16.1 Å². The van der Waals surface area contributed by atoms with Crippen molar-refractivity contribution in [2.75, 3.05) is 0 Å². The van der Waals surface area contributed by atoms with Crippen molar-refractivity contribution in [1.29, 1.82) is 0 Å². The van der Waals surface area contributed by atoms with Gasteiger partial charge >= 0.3 is 5.97 Å². The van der Waals surface area contributed by atoms with Crippen LogP contribution in [-0.2, 0) is 11.3 Å². The maximum Gasteiger partial charge on any atom is 0.323 e. The van der Waals surface area contributed by atoms with E-state index in [1.807, 2.05) is 0 Å². The molecule has 0 radical (unpaired) electrons. The summed E-state index contributed by atoms with van der Waals surface area (Å²) in [6, 6.07) is 11.4. The minimum Gasteiger partial charge on any atom is -0.480 e. The molecule has 8 heteroatoms. The number of Topliss-reactive ketones (excluding diaryl/α,β-unsaturated/α-hetero) is 1. The SMILES string of the molecule is CC(=O)c1ccc2s/c(=N\C(=O)c3cccc(Cl)c3)n(CC(=O)O)c2c1. The summed E-state index contributed by atoms with van der Waals surface area (Å²) in [5, 5.41) is 9.62. The normalized spacial score (nSPS) is 11.7. The molecule has 26 heavy (non-hydrogen) atoms. The standard InChI is InChI=1S/C18H13ClN2O4S/c1-10(22)11-5-6-15-14(8-11)21(9-16(23)24)18(26-15)20-17(25)12-3-2-4-13(19)7-12/h2-8H,9H2,1H3,(H,23,24)/b20-18-. The molecule has 1 amide bonds. The lowest BCUT2D eigenvalue weighted by Crippen LogP contribution is -2.21. The molecule has 1 aromatic heterocycles. The van der Waals surface area contributed by atoms with Crippen LogP contribution in [0, 0.1) is 0 Å². The zero-order valence-corrected chi connectivity index (χ0v) is 15.2. The third-order valence-electron chi connectivity index (χ3n) is 3.65. The molecule has 0 saturated carbocycles. The van der Waals surface area contributed by atoms with E-state index in [0.29, 0.717) is 21.7 Å². The molecule has 6 nitrogen and oxygen atoms in total. The van der Waals surface area contributed by atoms with Gasteiger partial charge in [-0.2, -0.15) is 4.99 Å². The summed E-state index contributed by atoms with van der Waals surface area (Å²) in [5.41, 5.74) is 1.31. The summed E-state index contributed by atoms with van der Waals surface area (Å²) in [7, 11) is 0. The van der Waals surface area contributed by atoms with Gasteiger partial charge in [0.25, 0.3) is 5.91 Å². The molecule has 0 aliphatic heterocycles. The molecule has 0 aliphatic carbocycles. The van der Waals surface area contributed by atoms with Crippen LogP contribution >= 0.6 is 22.9 Å². The largest absolute Gasteiger partial charge is 0.480 e. The van der Waals surface area contributed by atoms with Crippen molar-refractivity contribution >= 4 is 50.8 Å². The Morgan fingerprint density at radius 1 is 1.15 bits per heavy atom. The van der Waals surface area contributed by atoms with Gasteiger partial charge in [-0.1, -0.05) is 29.0 Å². The summed E-state index contributed by atoms with van der Waals surface area (Å²) in [6.07, 6.45) is 0. The Morgan fingerprint density at radius 3 is 2.58 bits per heavy atom. The Bertz CT molecular complexity index is 1110. The van der Waals surface area contributed by atoms with E-state index in [9.17, 15) is 19.5 Å². The molecular formula is C18H13ClN2O4S. The molecule has 1 heterocycles. The molecule has 0 atom stereocenters. The number of halogens is 1. The number of thiazole rings is 1. The zero-order chi connectivity index (χ0) is 18.8. The average molecular weight is 389 g/mol. The third kappa shape index (κ3) is 3.74. The molecule has 3 rings (SSSR count). The minimum absolute atomic E-state index is 0.131. The first-order valence-corrected chi connectivity index (χ1v) is 8.75. The number of carboxylic acid groups (broad SMARTS) is 1. The summed E-state index contributed by atoms with van der Waals surface area (Å²) >= 11 is 7.08. The maximum atomic E-state index is 12.4. The second kappa shape index (κ2) is 7.23. The maximum absolute atomic E-state index is 12.4. The van der Waals surface area contributed by atoms with Crippen LogP contribution in [0.5, 0.6) is 0 Å². The van der Waals surface area contributed by atoms with Crippen LogP contribution in [0.1, 0.15) is 27.6 Å². The number of fused-ring (bicyclic) bond motifs is 1. The lowest BCUT2D eigenvalue weighted by atomic mass is 10.1. The first kappa shape index (κ1) is 18.0. The number of aliphatic carboxylic acids is 1. The number of ketones is 1. The highest BCUT2D eigenvalue weighted by atomic mass is 35.5. The molecular weight excluding hydrogens is 376 g/mol. The molecule has 0 unspecified atom stereocenters. The highest BCUT2D eigenvalue weighted by Gasteiger charge is 2.13. The van der Waals surface area contributed by atoms with Gasteiger partial charge in [0.15, 0.2) is 10.6 Å². The van der Waals surface area contributed by atoms with Crippen molar-refractivity contribution in [3.8, 4) is 0 Å². The quantitative estimate of drug-likeness (QED) is 0.694. The number of hydrogen-bond acceptors (Lipinski definition) is 4. The van der Waals surface area contributed by atoms with Gasteiger partial charge in [-0.3, -0.25) is 14.4 Å². The van der Waals surface area contributed by atoms with Crippen LogP contribution in [0.25, 0.3) is 10.2 Å². The number of carboxylic acids is 1. The van der Waals surface area contributed by atoms with E-state index in [-0.39, 0.29) is 17.1 Å². The number of amides is 1. The van der Waals surface area contributed by atoms with Gasteiger partial charge in [0.05, 0.1) is 10.2 Å². The molecule has 3 aromatic rings. The Labute approximate surface area is 157 Å². The minimum atomic E-state index is -1.07. The Kier molecular flexibility index (Phi) is 5.01. The first-order chi connectivity index (χ1) is 12.3. The van der Waals surface area contributed by atoms with Crippen LogP contribution in [0.4, 0.5) is 0 Å². The Hall–Kier alpha value is -2.77. The summed E-state index contributed by atoms with van der Waals surface area (Å²) in [5.74, 6) is -1.73. The molecule has 0 bridgehead atoms. The van der Waals surface area contributed by atoms with Gasteiger partial charge in [-0.15, -0.1) is 0 Å². The molecule has 1 N–H and O–H groups in total. The topological polar surface area (TPSA) is 88.7 Å². The highest BCUT2D eigenvalue weighted by molar-refractivity contribution is 7.16. The van der Waals surface area contributed by atoms with Crippen LogP contribution < -0.4 is 4.80 Å². The number of aromatic nitrogens is 1. The second-order valence-corrected chi connectivity index (χ2v) is 6.98. The fourth-order valence-corrected chi connectivity index (χ4v) is 3.63. The first-order valence-electron chi connectivity index (χ1n) is 7.56. The fraction of sp³-hybridized carbons (Fsp3) is 0.111. The van der Waals surface area contributed by atoms with E-state index in [1.165, 1.54) is 28.9 Å². The number of nitrogens with zero attached hydrogens (tertiary/aromatic N) is 2. The van der Waals surface area contributed by atoms with E-state index in [4.69, 9.17) is 11.6 Å². The third-order valence-corrected chi connectivity index (χ3v) is 4.95. The van der Waals surface area contributed by atoms with Gasteiger partial charge in [0.1, 0.15) is 6.54 Å².